The number of nitrogens with one attached hydrogen (secondary N) is 2. The van der Waals surface area contributed by atoms with E-state index in [1.54, 1.807) is 0 Å². The van der Waals surface area contributed by atoms with E-state index in [0.717, 1.165) is 13.0 Å². The maximum atomic E-state index is 11.4. The number of nitrogens with zero attached hydrogens (tertiary/aromatic N) is 1. The molecule has 1 rings (SSSR count). The third-order valence-electron chi connectivity index (χ3n) is 3.26. The molecule has 0 aromatic rings. The van der Waals surface area contributed by atoms with E-state index in [0.29, 0.717) is 18.4 Å². The summed E-state index contributed by atoms with van der Waals surface area (Å²) in [6, 6.07) is 0.592. The number of carbonyl (C=O) groups excluding carboxylic acids is 1. The Balaban J connectivity index is 2.27. The molecule has 4 heteroatoms. The zero-order valence-electron chi connectivity index (χ0n) is 10.0. The molecular formula is C11H23N3O. The highest BCUT2D eigenvalue weighted by molar-refractivity contribution is 5.76. The van der Waals surface area contributed by atoms with Gasteiger partial charge in [0.1, 0.15) is 0 Å². The molecule has 0 radical (unpaired) electrons. The van der Waals surface area contributed by atoms with Gasteiger partial charge in [-0.2, -0.15) is 0 Å². The average Bonchev–Trinajstić information content (AvgIpc) is 2.65. The zero-order valence-corrected chi connectivity index (χ0v) is 10.0. The first-order valence-corrected chi connectivity index (χ1v) is 5.84. The molecule has 0 heterocycles. The topological polar surface area (TPSA) is 44.4 Å². The molecule has 0 aliphatic heterocycles. The smallest absolute Gasteiger partial charge is 0.220 e. The second-order valence-corrected chi connectivity index (χ2v) is 4.33. The fraction of sp³-hybridized carbons (Fsp3) is 0.909. The summed E-state index contributed by atoms with van der Waals surface area (Å²) in [5.41, 5.74) is 3.14. The summed E-state index contributed by atoms with van der Waals surface area (Å²) in [4.78, 5) is 11.4. The van der Waals surface area contributed by atoms with E-state index in [9.17, 15) is 4.79 Å². The third kappa shape index (κ3) is 3.80. The van der Waals surface area contributed by atoms with Gasteiger partial charge in [0.25, 0.3) is 0 Å². The van der Waals surface area contributed by atoms with Crippen LogP contribution in [-0.2, 0) is 4.79 Å². The summed E-state index contributed by atoms with van der Waals surface area (Å²) in [5.74, 6) is 0.771. The van der Waals surface area contributed by atoms with Crippen molar-refractivity contribution >= 4 is 5.91 Å². The summed E-state index contributed by atoms with van der Waals surface area (Å²) < 4.78 is 0. The van der Waals surface area contributed by atoms with Crippen LogP contribution < -0.4 is 10.7 Å². The maximum absolute atomic E-state index is 11.4. The summed E-state index contributed by atoms with van der Waals surface area (Å²) >= 11 is 0. The molecule has 0 saturated heterocycles. The van der Waals surface area contributed by atoms with Crippen LogP contribution >= 0.6 is 0 Å². The van der Waals surface area contributed by atoms with Gasteiger partial charge in [0, 0.05) is 26.1 Å². The number of hydrogen-bond acceptors (Lipinski definition) is 3. The molecule has 1 aliphatic carbocycles. The van der Waals surface area contributed by atoms with Gasteiger partial charge < -0.3 is 5.32 Å². The van der Waals surface area contributed by atoms with Crippen LogP contribution in [0.15, 0.2) is 0 Å². The molecule has 0 bridgehead atoms. The predicted octanol–water partition coefficient (Wildman–Crippen LogP) is 0.747. The second-order valence-electron chi connectivity index (χ2n) is 4.33. The van der Waals surface area contributed by atoms with Crippen molar-refractivity contribution in [1.82, 2.24) is 15.8 Å². The van der Waals surface area contributed by atoms with E-state index in [1.807, 2.05) is 14.0 Å². The highest BCUT2D eigenvalue weighted by Crippen LogP contribution is 2.30. The first-order valence-electron chi connectivity index (χ1n) is 5.84. The molecule has 2 N–H and O–H groups in total. The van der Waals surface area contributed by atoms with Crippen molar-refractivity contribution in [3.8, 4) is 0 Å². The fourth-order valence-corrected chi connectivity index (χ4v) is 2.30. The molecule has 1 aliphatic rings. The van der Waals surface area contributed by atoms with Crippen molar-refractivity contribution in [3.63, 3.8) is 0 Å². The van der Waals surface area contributed by atoms with E-state index in [-0.39, 0.29) is 5.91 Å². The number of hydrazine groups is 1. The average molecular weight is 213 g/mol. The molecule has 1 saturated carbocycles. The van der Waals surface area contributed by atoms with Crippen molar-refractivity contribution < 1.29 is 4.79 Å². The Morgan fingerprint density at radius 3 is 2.80 bits per heavy atom. The van der Waals surface area contributed by atoms with E-state index in [1.165, 1.54) is 12.8 Å². The van der Waals surface area contributed by atoms with Crippen molar-refractivity contribution in [3.05, 3.63) is 0 Å². The molecule has 1 fully saturated rings. The molecule has 1 amide bonds. The summed E-state index contributed by atoms with van der Waals surface area (Å²) in [6.07, 6.45) is 4.20. The summed E-state index contributed by atoms with van der Waals surface area (Å²) in [5, 5.41) is 5.01. The normalized spacial score (nSPS) is 25.9. The lowest BCUT2D eigenvalue weighted by Crippen LogP contribution is -2.39. The Labute approximate surface area is 92.4 Å². The van der Waals surface area contributed by atoms with Gasteiger partial charge in [0.2, 0.25) is 5.91 Å². The largest absolute Gasteiger partial charge is 0.356 e. The molecule has 88 valence electrons. The monoisotopic (exact) mass is 213 g/mol. The van der Waals surface area contributed by atoms with Crippen LogP contribution in [0.1, 0.15) is 32.6 Å². The molecule has 4 nitrogen and oxygen atoms in total. The Kier molecular flexibility index (Phi) is 5.05. The van der Waals surface area contributed by atoms with E-state index >= 15 is 0 Å². The molecule has 2 atom stereocenters. The highest BCUT2D eigenvalue weighted by atomic mass is 16.1. The number of hydrogen-bond donors (Lipinski definition) is 2. The van der Waals surface area contributed by atoms with Crippen LogP contribution in [0.2, 0.25) is 0 Å². The lowest BCUT2D eigenvalue weighted by atomic mass is 10.0. The minimum atomic E-state index is 0.204. The Morgan fingerprint density at radius 1 is 1.47 bits per heavy atom. The molecule has 0 aromatic carbocycles. The van der Waals surface area contributed by atoms with E-state index in [4.69, 9.17) is 0 Å². The van der Waals surface area contributed by atoms with Gasteiger partial charge in [-0.25, -0.2) is 5.01 Å². The SMILES string of the molecule is CCNC(=O)C[C@H]1CC[C@@H](N(C)NC)C1. The molecule has 0 aromatic heterocycles. The van der Waals surface area contributed by atoms with Crippen LogP contribution in [0.25, 0.3) is 0 Å². The van der Waals surface area contributed by atoms with Crippen molar-refractivity contribution in [2.75, 3.05) is 20.6 Å². The number of rotatable bonds is 5. The highest BCUT2D eigenvalue weighted by Gasteiger charge is 2.28. The Bertz CT molecular complexity index is 208. The van der Waals surface area contributed by atoms with Crippen LogP contribution in [0.5, 0.6) is 0 Å². The lowest BCUT2D eigenvalue weighted by molar-refractivity contribution is -0.121. The molecule has 15 heavy (non-hydrogen) atoms. The van der Waals surface area contributed by atoms with Gasteiger partial charge >= 0.3 is 0 Å². The molecular weight excluding hydrogens is 190 g/mol. The Hall–Kier alpha value is -0.610. The Morgan fingerprint density at radius 2 is 2.20 bits per heavy atom. The van der Waals surface area contributed by atoms with Crippen LogP contribution in [0.3, 0.4) is 0 Å². The van der Waals surface area contributed by atoms with Gasteiger partial charge in [-0.15, -0.1) is 0 Å². The zero-order chi connectivity index (χ0) is 11.3. The van der Waals surface area contributed by atoms with Crippen LogP contribution in [0, 0.1) is 5.92 Å². The van der Waals surface area contributed by atoms with Gasteiger partial charge in [0.15, 0.2) is 0 Å². The molecule has 0 unspecified atom stereocenters. The van der Waals surface area contributed by atoms with Crippen molar-refractivity contribution in [1.29, 1.82) is 0 Å². The first-order chi connectivity index (χ1) is 7.17. The fourth-order valence-electron chi connectivity index (χ4n) is 2.30. The summed E-state index contributed by atoms with van der Waals surface area (Å²) in [6.45, 7) is 2.70. The second kappa shape index (κ2) is 6.08. The summed E-state index contributed by atoms with van der Waals surface area (Å²) in [7, 11) is 4.01. The first kappa shape index (κ1) is 12.5. The minimum Gasteiger partial charge on any atom is -0.356 e. The van der Waals surface area contributed by atoms with Crippen molar-refractivity contribution in [2.45, 2.75) is 38.6 Å². The van der Waals surface area contributed by atoms with Crippen LogP contribution in [0.4, 0.5) is 0 Å². The van der Waals surface area contributed by atoms with Gasteiger partial charge in [-0.1, -0.05) is 0 Å². The van der Waals surface area contributed by atoms with Gasteiger partial charge in [-0.05, 0) is 39.2 Å². The quantitative estimate of drug-likeness (QED) is 0.662. The molecule has 0 spiro atoms. The van der Waals surface area contributed by atoms with E-state index < -0.39 is 0 Å². The van der Waals surface area contributed by atoms with Gasteiger partial charge in [-0.3, -0.25) is 10.2 Å². The van der Waals surface area contributed by atoms with Gasteiger partial charge in [0.05, 0.1) is 0 Å². The number of amides is 1. The predicted molar refractivity (Wildman–Crippen MR) is 61.3 cm³/mol. The van der Waals surface area contributed by atoms with E-state index in [2.05, 4.69) is 22.8 Å². The maximum Gasteiger partial charge on any atom is 0.220 e. The number of carbonyl (C=O) groups is 1. The van der Waals surface area contributed by atoms with Crippen LogP contribution in [-0.4, -0.2) is 37.6 Å². The van der Waals surface area contributed by atoms with Crippen molar-refractivity contribution in [2.24, 2.45) is 5.92 Å². The minimum absolute atomic E-state index is 0.204. The lowest BCUT2D eigenvalue weighted by Gasteiger charge is -2.22. The third-order valence-corrected chi connectivity index (χ3v) is 3.26. The standard InChI is InChI=1S/C11H23N3O/c1-4-13-11(15)8-9-5-6-10(7-9)14(3)12-2/h9-10,12H,4-8H2,1-3H3,(H,13,15)/t9-,10+/m0/s1.